The summed E-state index contributed by atoms with van der Waals surface area (Å²) in [5, 5.41) is 5.75. The molecule has 0 fully saturated rings. The van der Waals surface area contributed by atoms with Crippen LogP contribution in [0.25, 0.3) is 11.1 Å². The highest BCUT2D eigenvalue weighted by molar-refractivity contribution is 7.92. The van der Waals surface area contributed by atoms with Gasteiger partial charge in [0.05, 0.1) is 23.7 Å². The molecule has 4 rings (SSSR count). The molecule has 4 aromatic rings. The summed E-state index contributed by atoms with van der Waals surface area (Å²) in [6.07, 6.45) is 2.06. The summed E-state index contributed by atoms with van der Waals surface area (Å²) in [5.41, 5.74) is 2.93. The maximum atomic E-state index is 14.2. The fourth-order valence-corrected chi connectivity index (χ4v) is 3.44. The predicted molar refractivity (Wildman–Crippen MR) is 115 cm³/mol. The largest absolute Gasteiger partial charge is 0.417 e. The normalized spacial score (nSPS) is 11.5. The maximum absolute atomic E-state index is 14.2. The Morgan fingerprint density at radius 2 is 1.84 bits per heavy atom. The van der Waals surface area contributed by atoms with E-state index in [1.807, 2.05) is 0 Å². The molecule has 2 aromatic carbocycles. The van der Waals surface area contributed by atoms with Crippen molar-refractivity contribution in [3.05, 3.63) is 64.5 Å². The number of H-pyrrole nitrogens is 1. The molecule has 0 aliphatic carbocycles. The van der Waals surface area contributed by atoms with Crippen LogP contribution in [-0.4, -0.2) is 29.6 Å². The minimum atomic E-state index is -3.45. The molecule has 0 aliphatic heterocycles. The lowest BCUT2D eigenvalue weighted by atomic mass is 10.2. The molecule has 10 nitrogen and oxygen atoms in total. The first kappa shape index (κ1) is 20.3. The van der Waals surface area contributed by atoms with Gasteiger partial charge in [0.25, 0.3) is 0 Å². The van der Waals surface area contributed by atoms with Crippen LogP contribution >= 0.6 is 0 Å². The van der Waals surface area contributed by atoms with Crippen LogP contribution in [-0.2, 0) is 10.0 Å². The molecule has 31 heavy (non-hydrogen) atoms. The average molecular weight is 444 g/mol. The number of aryl methyl sites for hydroxylation is 1. The summed E-state index contributed by atoms with van der Waals surface area (Å²) in [7, 11) is -3.45. The van der Waals surface area contributed by atoms with E-state index in [9.17, 15) is 17.6 Å². The Morgan fingerprint density at radius 1 is 1.10 bits per heavy atom. The number of rotatable bonds is 6. The van der Waals surface area contributed by atoms with Gasteiger partial charge in [0.15, 0.2) is 17.2 Å². The molecule has 2 aromatic heterocycles. The van der Waals surface area contributed by atoms with E-state index in [1.54, 1.807) is 43.3 Å². The SMILES string of the molecule is Cc1ccc(Nc2ncc(F)c(Nc3ccc4oc(=O)[nH]c4c3)n2)cc1NS(C)(=O)=O. The summed E-state index contributed by atoms with van der Waals surface area (Å²) in [6, 6.07) is 9.77. The molecule has 4 N–H and O–H groups in total. The van der Waals surface area contributed by atoms with Gasteiger partial charge in [-0.25, -0.2) is 22.6 Å². The molecule has 0 saturated heterocycles. The summed E-state index contributed by atoms with van der Waals surface area (Å²) < 4.78 is 44.7. The zero-order valence-electron chi connectivity index (χ0n) is 16.4. The second-order valence-electron chi connectivity index (χ2n) is 6.77. The van der Waals surface area contributed by atoms with E-state index in [4.69, 9.17) is 4.42 Å². The van der Waals surface area contributed by atoms with Crippen molar-refractivity contribution in [2.45, 2.75) is 6.92 Å². The second kappa shape index (κ2) is 7.72. The van der Waals surface area contributed by atoms with Crippen molar-refractivity contribution < 1.29 is 17.2 Å². The number of fused-ring (bicyclic) bond motifs is 1. The van der Waals surface area contributed by atoms with E-state index in [0.29, 0.717) is 28.2 Å². The minimum Gasteiger partial charge on any atom is -0.408 e. The van der Waals surface area contributed by atoms with Crippen LogP contribution in [0.15, 0.2) is 51.8 Å². The third-order valence-electron chi connectivity index (χ3n) is 4.21. The Balaban J connectivity index is 1.59. The molecule has 0 atom stereocenters. The standard InChI is InChI=1S/C19H17FN6O4S/c1-10-3-4-12(7-14(10)26-31(2,28)29)23-18-21-9-13(20)17(25-18)22-11-5-6-16-15(8-11)24-19(27)30-16/h3-9,26H,1-2H3,(H,24,27)(H2,21,22,23,25). The summed E-state index contributed by atoms with van der Waals surface area (Å²) in [5.74, 6) is -1.27. The van der Waals surface area contributed by atoms with Crippen LogP contribution < -0.4 is 21.1 Å². The number of nitrogens with zero attached hydrogens (tertiary/aromatic N) is 2. The average Bonchev–Trinajstić information content (AvgIpc) is 3.05. The fraction of sp³-hybridized carbons (Fsp3) is 0.105. The molecule has 0 saturated carbocycles. The lowest BCUT2D eigenvalue weighted by Gasteiger charge is -2.12. The molecule has 0 radical (unpaired) electrons. The minimum absolute atomic E-state index is 0.0933. The Labute approximate surface area is 175 Å². The molecule has 0 unspecified atom stereocenters. The topological polar surface area (TPSA) is 142 Å². The molecular weight excluding hydrogens is 427 g/mol. The van der Waals surface area contributed by atoms with Gasteiger partial charge < -0.3 is 15.1 Å². The van der Waals surface area contributed by atoms with E-state index in [0.717, 1.165) is 18.0 Å². The van der Waals surface area contributed by atoms with E-state index in [-0.39, 0.29) is 11.8 Å². The Morgan fingerprint density at radius 3 is 2.61 bits per heavy atom. The zero-order valence-corrected chi connectivity index (χ0v) is 17.2. The van der Waals surface area contributed by atoms with Crippen LogP contribution in [0.2, 0.25) is 0 Å². The highest BCUT2D eigenvalue weighted by Crippen LogP contribution is 2.25. The lowest BCUT2D eigenvalue weighted by Crippen LogP contribution is -2.11. The van der Waals surface area contributed by atoms with Crippen molar-refractivity contribution in [1.29, 1.82) is 0 Å². The molecule has 0 amide bonds. The van der Waals surface area contributed by atoms with Crippen molar-refractivity contribution in [1.82, 2.24) is 15.0 Å². The molecule has 2 heterocycles. The summed E-state index contributed by atoms with van der Waals surface area (Å²) >= 11 is 0. The maximum Gasteiger partial charge on any atom is 0.417 e. The first-order valence-corrected chi connectivity index (χ1v) is 10.8. The van der Waals surface area contributed by atoms with Crippen molar-refractivity contribution in [3.8, 4) is 0 Å². The third kappa shape index (κ3) is 4.80. The Bertz CT molecular complexity index is 1450. The number of aromatic nitrogens is 3. The number of hydrogen-bond acceptors (Lipinski definition) is 8. The van der Waals surface area contributed by atoms with Gasteiger partial charge in [0.1, 0.15) is 0 Å². The van der Waals surface area contributed by atoms with Gasteiger partial charge >= 0.3 is 5.76 Å². The van der Waals surface area contributed by atoms with E-state index in [1.165, 1.54) is 0 Å². The number of oxazole rings is 1. The molecule has 0 bridgehead atoms. The van der Waals surface area contributed by atoms with Gasteiger partial charge in [-0.2, -0.15) is 4.98 Å². The van der Waals surface area contributed by atoms with Gasteiger partial charge in [0, 0.05) is 11.4 Å². The quantitative estimate of drug-likeness (QED) is 0.355. The van der Waals surface area contributed by atoms with Crippen LogP contribution in [0.3, 0.4) is 0 Å². The Kier molecular flexibility index (Phi) is 5.07. The van der Waals surface area contributed by atoms with E-state index >= 15 is 0 Å². The van der Waals surface area contributed by atoms with Crippen molar-refractivity contribution in [2.75, 3.05) is 21.6 Å². The highest BCUT2D eigenvalue weighted by Gasteiger charge is 2.11. The predicted octanol–water partition coefficient (Wildman–Crippen LogP) is 3.22. The zero-order chi connectivity index (χ0) is 22.2. The number of aromatic amines is 1. The highest BCUT2D eigenvalue weighted by atomic mass is 32.2. The molecule has 0 spiro atoms. The number of halogens is 1. The number of nitrogens with one attached hydrogen (secondary N) is 4. The van der Waals surface area contributed by atoms with Crippen LogP contribution in [0.5, 0.6) is 0 Å². The first-order chi connectivity index (χ1) is 14.7. The van der Waals surface area contributed by atoms with Gasteiger partial charge in [-0.3, -0.25) is 9.71 Å². The van der Waals surface area contributed by atoms with Crippen molar-refractivity contribution >= 4 is 50.0 Å². The van der Waals surface area contributed by atoms with Gasteiger partial charge in [0.2, 0.25) is 16.0 Å². The van der Waals surface area contributed by atoms with Crippen molar-refractivity contribution in [3.63, 3.8) is 0 Å². The van der Waals surface area contributed by atoms with Crippen molar-refractivity contribution in [2.24, 2.45) is 0 Å². The monoisotopic (exact) mass is 444 g/mol. The van der Waals surface area contributed by atoms with Gasteiger partial charge in [-0.15, -0.1) is 0 Å². The summed E-state index contributed by atoms with van der Waals surface area (Å²) in [6.45, 7) is 1.76. The van der Waals surface area contributed by atoms with Gasteiger partial charge in [-0.05, 0) is 42.8 Å². The van der Waals surface area contributed by atoms with Crippen LogP contribution in [0, 0.1) is 12.7 Å². The van der Waals surface area contributed by atoms with E-state index < -0.39 is 21.6 Å². The lowest BCUT2D eigenvalue weighted by molar-refractivity contribution is 0.555. The smallest absolute Gasteiger partial charge is 0.408 e. The van der Waals surface area contributed by atoms with Gasteiger partial charge in [-0.1, -0.05) is 6.07 Å². The fourth-order valence-electron chi connectivity index (χ4n) is 2.82. The number of anilines is 5. The van der Waals surface area contributed by atoms with Crippen LogP contribution in [0.1, 0.15) is 5.56 Å². The molecule has 12 heteroatoms. The second-order valence-corrected chi connectivity index (χ2v) is 8.52. The molecule has 0 aliphatic rings. The van der Waals surface area contributed by atoms with E-state index in [2.05, 4.69) is 30.3 Å². The number of hydrogen-bond donors (Lipinski definition) is 4. The Hall–Kier alpha value is -3.93. The molecular formula is C19H17FN6O4S. The molecule has 160 valence electrons. The number of benzene rings is 2. The number of sulfonamides is 1. The van der Waals surface area contributed by atoms with Crippen LogP contribution in [0.4, 0.5) is 33.2 Å². The summed E-state index contributed by atoms with van der Waals surface area (Å²) in [4.78, 5) is 21.9. The first-order valence-electron chi connectivity index (χ1n) is 8.94. The third-order valence-corrected chi connectivity index (χ3v) is 4.81.